The van der Waals surface area contributed by atoms with Gasteiger partial charge in [0.1, 0.15) is 0 Å². The normalized spacial score (nSPS) is 14.4. The molecule has 6 heteroatoms. The molecule has 0 heterocycles. The zero-order valence-corrected chi connectivity index (χ0v) is 9.97. The van der Waals surface area contributed by atoms with Crippen LogP contribution in [0.25, 0.3) is 0 Å². The van der Waals surface area contributed by atoms with Crippen molar-refractivity contribution >= 4 is 52.4 Å². The maximum atomic E-state index is 10.7. The third-order valence-electron chi connectivity index (χ3n) is 1.29. The summed E-state index contributed by atoms with van der Waals surface area (Å²) in [6, 6.07) is 0. The highest BCUT2D eigenvalue weighted by atomic mass is 35.6. The van der Waals surface area contributed by atoms with E-state index in [0.717, 1.165) is 0 Å². The van der Waals surface area contributed by atoms with Crippen LogP contribution in [0.3, 0.4) is 0 Å². The monoisotopic (exact) mass is 264 g/mol. The van der Waals surface area contributed by atoms with Crippen LogP contribution < -0.4 is 0 Å². The third kappa shape index (κ3) is 3.94. The number of hydrogen-bond acceptors (Lipinski definition) is 1. The van der Waals surface area contributed by atoms with Crippen LogP contribution in [0, 0.1) is 5.92 Å². The molecule has 0 rings (SSSR count). The molecule has 0 atom stereocenters. The molecular weight excluding hydrogens is 258 g/mol. The molecule has 0 amide bonds. The molecule has 0 bridgehead atoms. The van der Waals surface area contributed by atoms with Crippen LogP contribution in [-0.2, 0) is 4.79 Å². The van der Waals surface area contributed by atoms with Gasteiger partial charge in [-0.2, -0.15) is 0 Å². The smallest absolute Gasteiger partial charge is 0.333 e. The van der Waals surface area contributed by atoms with Crippen molar-refractivity contribution in [2.75, 3.05) is 0 Å². The fourth-order valence-corrected chi connectivity index (χ4v) is 1.35. The molecule has 0 fully saturated rings. The maximum absolute atomic E-state index is 10.7. The molecule has 2 nitrogen and oxygen atoms in total. The van der Waals surface area contributed by atoms with Crippen LogP contribution in [-0.4, -0.2) is 14.9 Å². The van der Waals surface area contributed by atoms with Gasteiger partial charge in [0, 0.05) is 0 Å². The van der Waals surface area contributed by atoms with Crippen molar-refractivity contribution in [2.24, 2.45) is 5.92 Å². The third-order valence-corrected chi connectivity index (χ3v) is 2.64. The van der Waals surface area contributed by atoms with Crippen LogP contribution in [0.1, 0.15) is 13.8 Å². The molecular formula is C7H8Cl4O2. The van der Waals surface area contributed by atoms with E-state index in [1.54, 1.807) is 13.8 Å². The van der Waals surface area contributed by atoms with Gasteiger partial charge in [0.15, 0.2) is 0 Å². The van der Waals surface area contributed by atoms with Crippen LogP contribution in [0.15, 0.2) is 10.6 Å². The number of carbonyl (C=O) groups is 1. The molecule has 0 aromatic carbocycles. The summed E-state index contributed by atoms with van der Waals surface area (Å²) in [7, 11) is 0. The molecule has 0 aliphatic carbocycles. The summed E-state index contributed by atoms with van der Waals surface area (Å²) in [5.41, 5.74) is -0.0818. The Labute approximate surface area is 96.4 Å². The molecule has 0 aromatic heterocycles. The van der Waals surface area contributed by atoms with Gasteiger partial charge in [0.2, 0.25) is 3.79 Å². The minimum absolute atomic E-state index is 0.0818. The predicted octanol–water partition coefficient (Wildman–Crippen LogP) is 3.59. The summed E-state index contributed by atoms with van der Waals surface area (Å²) in [4.78, 5) is 10.7. The molecule has 1 N–H and O–H groups in total. The van der Waals surface area contributed by atoms with Gasteiger partial charge in [-0.15, -0.1) is 0 Å². The number of rotatable bonds is 2. The Morgan fingerprint density at radius 1 is 1.31 bits per heavy atom. The average molecular weight is 266 g/mol. The first-order valence-electron chi connectivity index (χ1n) is 3.38. The molecule has 0 aromatic rings. The first-order valence-corrected chi connectivity index (χ1v) is 4.89. The highest BCUT2D eigenvalue weighted by Gasteiger charge is 2.31. The summed E-state index contributed by atoms with van der Waals surface area (Å²) in [6.45, 7) is 3.31. The van der Waals surface area contributed by atoms with Gasteiger partial charge in [-0.3, -0.25) is 0 Å². The maximum Gasteiger partial charge on any atom is 0.333 e. The first kappa shape index (κ1) is 13.4. The molecule has 76 valence electrons. The highest BCUT2D eigenvalue weighted by Crippen LogP contribution is 2.40. The number of allylic oxidation sites excluding steroid dienone is 1. The Morgan fingerprint density at radius 2 is 1.69 bits per heavy atom. The highest BCUT2D eigenvalue weighted by molar-refractivity contribution is 6.73. The zero-order valence-electron chi connectivity index (χ0n) is 6.94. The lowest BCUT2D eigenvalue weighted by atomic mass is 10.0. The van der Waals surface area contributed by atoms with Gasteiger partial charge in [0.25, 0.3) is 0 Å². The minimum Gasteiger partial charge on any atom is -0.478 e. The van der Waals surface area contributed by atoms with E-state index < -0.39 is 9.76 Å². The van der Waals surface area contributed by atoms with E-state index in [9.17, 15) is 4.79 Å². The minimum atomic E-state index is -1.88. The topological polar surface area (TPSA) is 37.3 Å². The number of alkyl halides is 3. The van der Waals surface area contributed by atoms with Crippen molar-refractivity contribution in [3.05, 3.63) is 10.6 Å². The van der Waals surface area contributed by atoms with E-state index in [0.29, 0.717) is 0 Å². The summed E-state index contributed by atoms with van der Waals surface area (Å²) in [5.74, 6) is -1.48. The Morgan fingerprint density at radius 3 is 1.77 bits per heavy atom. The van der Waals surface area contributed by atoms with Crippen LogP contribution >= 0.6 is 46.4 Å². The first-order chi connectivity index (χ1) is 5.68. The fraction of sp³-hybridized carbons (Fsp3) is 0.571. The van der Waals surface area contributed by atoms with Gasteiger partial charge in [-0.1, -0.05) is 60.3 Å². The molecule has 0 aliphatic rings. The Balaban J connectivity index is 5.23. The number of carboxylic acid groups (broad SMARTS) is 1. The SMILES string of the molecule is CC(C)/C(C(=O)O)=C(/Cl)C(Cl)(Cl)Cl. The standard InChI is InChI=1S/C7H8Cl4O2/c1-3(2)4(6(12)13)5(8)7(9,10)11/h3H,1-2H3,(H,12,13)/b5-4-. The molecule has 0 saturated carbocycles. The van der Waals surface area contributed by atoms with E-state index in [1.165, 1.54) is 0 Å². The Kier molecular flexibility index (Phi) is 4.87. The fourth-order valence-electron chi connectivity index (χ4n) is 0.747. The van der Waals surface area contributed by atoms with Gasteiger partial charge < -0.3 is 5.11 Å². The second kappa shape index (κ2) is 4.74. The number of carboxylic acids is 1. The van der Waals surface area contributed by atoms with Crippen molar-refractivity contribution in [2.45, 2.75) is 17.6 Å². The summed E-state index contributed by atoms with van der Waals surface area (Å²) >= 11 is 21.9. The molecule has 0 saturated heterocycles. The van der Waals surface area contributed by atoms with E-state index in [1.807, 2.05) is 0 Å². The summed E-state index contributed by atoms with van der Waals surface area (Å²) in [5, 5.41) is 8.50. The average Bonchev–Trinajstić information content (AvgIpc) is 1.82. The zero-order chi connectivity index (χ0) is 10.8. The van der Waals surface area contributed by atoms with Crippen molar-refractivity contribution < 1.29 is 9.90 Å². The lowest BCUT2D eigenvalue weighted by Crippen LogP contribution is -2.15. The second-order valence-corrected chi connectivity index (χ2v) is 5.34. The molecule has 0 aliphatic heterocycles. The van der Waals surface area contributed by atoms with Crippen LogP contribution in [0.4, 0.5) is 0 Å². The van der Waals surface area contributed by atoms with E-state index in [4.69, 9.17) is 51.5 Å². The summed E-state index contributed by atoms with van der Waals surface area (Å²) < 4.78 is -1.88. The Hall–Kier alpha value is 0.370. The van der Waals surface area contributed by atoms with E-state index >= 15 is 0 Å². The number of hydrogen-bond donors (Lipinski definition) is 1. The lowest BCUT2D eigenvalue weighted by molar-refractivity contribution is -0.133. The molecule has 0 spiro atoms. The predicted molar refractivity (Wildman–Crippen MR) is 55.6 cm³/mol. The molecule has 0 radical (unpaired) electrons. The quantitative estimate of drug-likeness (QED) is 0.612. The molecule has 0 unspecified atom stereocenters. The van der Waals surface area contributed by atoms with Crippen molar-refractivity contribution in [3.63, 3.8) is 0 Å². The number of halogens is 4. The largest absolute Gasteiger partial charge is 0.478 e. The second-order valence-electron chi connectivity index (χ2n) is 2.69. The van der Waals surface area contributed by atoms with E-state index in [2.05, 4.69) is 0 Å². The van der Waals surface area contributed by atoms with Crippen LogP contribution in [0.2, 0.25) is 0 Å². The van der Waals surface area contributed by atoms with Crippen LogP contribution in [0.5, 0.6) is 0 Å². The van der Waals surface area contributed by atoms with Gasteiger partial charge >= 0.3 is 5.97 Å². The van der Waals surface area contributed by atoms with Gasteiger partial charge in [-0.05, 0) is 5.92 Å². The van der Waals surface area contributed by atoms with Gasteiger partial charge in [0.05, 0.1) is 10.6 Å². The van der Waals surface area contributed by atoms with Crippen molar-refractivity contribution in [3.8, 4) is 0 Å². The van der Waals surface area contributed by atoms with Crippen molar-refractivity contribution in [1.29, 1.82) is 0 Å². The van der Waals surface area contributed by atoms with E-state index in [-0.39, 0.29) is 16.5 Å². The Bertz CT molecular complexity index is 239. The lowest BCUT2D eigenvalue weighted by Gasteiger charge is -2.15. The summed E-state index contributed by atoms with van der Waals surface area (Å²) in [6.07, 6.45) is 0. The van der Waals surface area contributed by atoms with Gasteiger partial charge in [-0.25, -0.2) is 4.79 Å². The number of aliphatic carboxylic acids is 1. The molecule has 13 heavy (non-hydrogen) atoms. The van der Waals surface area contributed by atoms with Crippen molar-refractivity contribution in [1.82, 2.24) is 0 Å².